The molecule has 1 aromatic carbocycles. The van der Waals surface area contributed by atoms with Gasteiger partial charge < -0.3 is 15.4 Å². The molecular weight excluding hydrogens is 414 g/mol. The Morgan fingerprint density at radius 2 is 2.03 bits per heavy atom. The lowest BCUT2D eigenvalue weighted by molar-refractivity contribution is 0.189. The van der Waals surface area contributed by atoms with E-state index in [0.29, 0.717) is 58.2 Å². The van der Waals surface area contributed by atoms with E-state index in [1.807, 2.05) is 14.1 Å². The monoisotopic (exact) mass is 435 g/mol. The lowest BCUT2D eigenvalue weighted by Crippen LogP contribution is -2.24. The number of anilines is 2. The molecule has 0 radical (unpaired) electrons. The summed E-state index contributed by atoms with van der Waals surface area (Å²) < 4.78 is 6.77. The second kappa shape index (κ2) is 9.38. The van der Waals surface area contributed by atoms with Gasteiger partial charge in [-0.3, -0.25) is 9.36 Å². The highest BCUT2D eigenvalue weighted by Crippen LogP contribution is 2.23. The summed E-state index contributed by atoms with van der Waals surface area (Å²) in [6.45, 7) is 1.04. The third-order valence-corrected chi connectivity index (χ3v) is 5.24. The second-order valence-corrected chi connectivity index (χ2v) is 7.83. The molecule has 0 bridgehead atoms. The Morgan fingerprint density at radius 1 is 1.24 bits per heavy atom. The number of nitrogens with two attached hydrogens (primary N) is 1. The highest BCUT2D eigenvalue weighted by molar-refractivity contribution is 7.98. The molecule has 0 fully saturated rings. The van der Waals surface area contributed by atoms with E-state index in [-0.39, 0.29) is 11.5 Å². The molecule has 11 heteroatoms. The minimum absolute atomic E-state index is 0.116. The van der Waals surface area contributed by atoms with E-state index in [2.05, 4.69) is 19.9 Å². The van der Waals surface area contributed by atoms with E-state index in [4.69, 9.17) is 22.1 Å². The number of nitrogens with zero attached hydrogens (tertiary/aromatic N) is 6. The molecule has 0 atom stereocenters. The molecule has 9 nitrogen and oxygen atoms in total. The first-order valence-corrected chi connectivity index (χ1v) is 10.2. The number of hydrogen-bond acceptors (Lipinski definition) is 9. The van der Waals surface area contributed by atoms with Crippen LogP contribution in [0.5, 0.6) is 0 Å². The van der Waals surface area contributed by atoms with Crippen LogP contribution in [-0.4, -0.2) is 52.3 Å². The molecular formula is C18H22ClN7O2S. The molecule has 0 aliphatic heterocycles. The van der Waals surface area contributed by atoms with Gasteiger partial charge in [0.1, 0.15) is 5.82 Å². The average molecular weight is 436 g/mol. The number of hydrogen-bond donors (Lipinski definition) is 1. The summed E-state index contributed by atoms with van der Waals surface area (Å²) in [6.07, 6.45) is 0.689. The van der Waals surface area contributed by atoms with E-state index in [9.17, 15) is 4.79 Å². The van der Waals surface area contributed by atoms with Crippen LogP contribution in [0.15, 0.2) is 28.2 Å². The molecule has 0 saturated heterocycles. The normalized spacial score (nSPS) is 11.2. The predicted octanol–water partition coefficient (Wildman–Crippen LogP) is 2.21. The maximum atomic E-state index is 13.0. The van der Waals surface area contributed by atoms with Gasteiger partial charge in [-0.1, -0.05) is 23.4 Å². The van der Waals surface area contributed by atoms with Crippen LogP contribution in [0.3, 0.4) is 0 Å². The fraction of sp³-hybridized carbons (Fsp3) is 0.389. The number of aromatic nitrogens is 5. The van der Waals surface area contributed by atoms with Crippen molar-refractivity contribution in [2.75, 3.05) is 38.4 Å². The lowest BCUT2D eigenvalue weighted by atomic mass is 10.2. The smallest absolute Gasteiger partial charge is 0.262 e. The molecule has 0 spiro atoms. The van der Waals surface area contributed by atoms with Crippen LogP contribution in [-0.2, 0) is 17.0 Å². The van der Waals surface area contributed by atoms with E-state index in [1.54, 1.807) is 34.8 Å². The number of nitrogen functional groups attached to an aromatic ring is 1. The van der Waals surface area contributed by atoms with Crippen molar-refractivity contribution in [2.24, 2.45) is 0 Å². The van der Waals surface area contributed by atoms with Crippen molar-refractivity contribution < 1.29 is 4.74 Å². The lowest BCUT2D eigenvalue weighted by Gasteiger charge is -2.14. The molecule has 2 N–H and O–H groups in total. The standard InChI is InChI=1S/C18H22ClN7O2S/c1-25(2)17-23-14(22-16(20)24-17)10-29-18-21-13-9-11(19)5-6-12(13)15(27)26(18)7-4-8-28-3/h5-6,9H,4,7-8,10H2,1-3H3,(H2,20,22,23,24). The van der Waals surface area contributed by atoms with Crippen LogP contribution in [0.25, 0.3) is 10.9 Å². The fourth-order valence-electron chi connectivity index (χ4n) is 2.67. The van der Waals surface area contributed by atoms with E-state index in [0.717, 1.165) is 0 Å². The molecule has 0 unspecified atom stereocenters. The van der Waals surface area contributed by atoms with Gasteiger partial charge >= 0.3 is 0 Å². The van der Waals surface area contributed by atoms with Crippen LogP contribution in [0.2, 0.25) is 5.02 Å². The van der Waals surface area contributed by atoms with Gasteiger partial charge in [0.05, 0.1) is 16.7 Å². The van der Waals surface area contributed by atoms with Gasteiger partial charge in [-0.25, -0.2) is 4.98 Å². The number of ether oxygens (including phenoxy) is 1. The Bertz CT molecular complexity index is 1070. The minimum Gasteiger partial charge on any atom is -0.385 e. The fourth-order valence-corrected chi connectivity index (χ4v) is 3.71. The summed E-state index contributed by atoms with van der Waals surface area (Å²) in [5, 5.41) is 1.61. The van der Waals surface area contributed by atoms with E-state index in [1.165, 1.54) is 11.8 Å². The van der Waals surface area contributed by atoms with Crippen molar-refractivity contribution in [2.45, 2.75) is 23.9 Å². The van der Waals surface area contributed by atoms with Gasteiger partial charge in [0.25, 0.3) is 5.56 Å². The summed E-state index contributed by atoms with van der Waals surface area (Å²) in [5.74, 6) is 1.52. The third kappa shape index (κ3) is 5.14. The van der Waals surface area contributed by atoms with Crippen molar-refractivity contribution in [1.82, 2.24) is 24.5 Å². The van der Waals surface area contributed by atoms with Crippen molar-refractivity contribution >= 4 is 46.2 Å². The SMILES string of the molecule is COCCCn1c(SCc2nc(N)nc(N(C)C)n2)nc2cc(Cl)ccc2c1=O. The van der Waals surface area contributed by atoms with Crippen molar-refractivity contribution in [3.63, 3.8) is 0 Å². The second-order valence-electron chi connectivity index (χ2n) is 6.45. The number of rotatable bonds is 8. The summed E-state index contributed by atoms with van der Waals surface area (Å²) in [6, 6.07) is 5.08. The predicted molar refractivity (Wildman–Crippen MR) is 116 cm³/mol. The highest BCUT2D eigenvalue weighted by atomic mass is 35.5. The first kappa shape index (κ1) is 21.3. The van der Waals surface area contributed by atoms with Gasteiger partial charge in [-0.15, -0.1) is 0 Å². The van der Waals surface area contributed by atoms with Crippen LogP contribution in [0.1, 0.15) is 12.2 Å². The Kier molecular flexibility index (Phi) is 6.88. The minimum atomic E-state index is -0.116. The van der Waals surface area contributed by atoms with Crippen LogP contribution < -0.4 is 16.2 Å². The van der Waals surface area contributed by atoms with Crippen LogP contribution >= 0.6 is 23.4 Å². The molecule has 29 heavy (non-hydrogen) atoms. The Labute approximate surface area is 177 Å². The molecule has 3 rings (SSSR count). The zero-order chi connectivity index (χ0) is 21.0. The summed E-state index contributed by atoms with van der Waals surface area (Å²) in [7, 11) is 5.29. The van der Waals surface area contributed by atoms with Gasteiger partial charge in [-0.05, 0) is 24.6 Å². The van der Waals surface area contributed by atoms with Crippen molar-refractivity contribution in [3.05, 3.63) is 39.4 Å². The molecule has 154 valence electrons. The number of thioether (sulfide) groups is 1. The van der Waals surface area contributed by atoms with E-state index < -0.39 is 0 Å². The Balaban J connectivity index is 1.96. The van der Waals surface area contributed by atoms with Crippen molar-refractivity contribution in [3.8, 4) is 0 Å². The maximum absolute atomic E-state index is 13.0. The van der Waals surface area contributed by atoms with Crippen LogP contribution in [0, 0.1) is 0 Å². The molecule has 2 heterocycles. The number of halogens is 1. The Morgan fingerprint density at radius 3 is 2.76 bits per heavy atom. The largest absolute Gasteiger partial charge is 0.385 e. The molecule has 0 aliphatic rings. The van der Waals surface area contributed by atoms with E-state index >= 15 is 0 Å². The average Bonchev–Trinajstić information content (AvgIpc) is 2.67. The summed E-state index contributed by atoms with van der Waals surface area (Å²) in [5.41, 5.74) is 6.23. The first-order valence-electron chi connectivity index (χ1n) is 8.88. The molecule has 3 aromatic rings. The third-order valence-electron chi connectivity index (χ3n) is 4.03. The zero-order valence-electron chi connectivity index (χ0n) is 16.4. The zero-order valence-corrected chi connectivity index (χ0v) is 18.0. The summed E-state index contributed by atoms with van der Waals surface area (Å²) in [4.78, 5) is 32.1. The van der Waals surface area contributed by atoms with Crippen molar-refractivity contribution in [1.29, 1.82) is 0 Å². The topological polar surface area (TPSA) is 112 Å². The number of methoxy groups -OCH3 is 1. The first-order chi connectivity index (χ1) is 13.9. The number of fused-ring (bicyclic) bond motifs is 1. The van der Waals surface area contributed by atoms with Gasteiger partial charge in [0.2, 0.25) is 11.9 Å². The van der Waals surface area contributed by atoms with Gasteiger partial charge in [0.15, 0.2) is 5.16 Å². The highest BCUT2D eigenvalue weighted by Gasteiger charge is 2.14. The van der Waals surface area contributed by atoms with Gasteiger partial charge in [-0.2, -0.15) is 15.0 Å². The van der Waals surface area contributed by atoms with Gasteiger partial charge in [0, 0.05) is 39.4 Å². The van der Waals surface area contributed by atoms with Crippen LogP contribution in [0.4, 0.5) is 11.9 Å². The quantitative estimate of drug-likeness (QED) is 0.323. The molecule has 0 aliphatic carbocycles. The molecule has 2 aromatic heterocycles. The maximum Gasteiger partial charge on any atom is 0.262 e. The number of benzene rings is 1. The summed E-state index contributed by atoms with van der Waals surface area (Å²) >= 11 is 7.45. The molecule has 0 amide bonds. The molecule has 0 saturated carbocycles. The Hall–Kier alpha value is -2.43.